The fourth-order valence-corrected chi connectivity index (χ4v) is 2.66. The molecule has 0 unspecified atom stereocenters. The van der Waals surface area contributed by atoms with Crippen LogP contribution in [-0.2, 0) is 6.42 Å². The lowest BCUT2D eigenvalue weighted by molar-refractivity contribution is -0.00341. The normalized spacial score (nSPS) is 18.9. The van der Waals surface area contributed by atoms with Crippen molar-refractivity contribution in [2.45, 2.75) is 50.5 Å². The molecule has 17 heavy (non-hydrogen) atoms. The van der Waals surface area contributed by atoms with E-state index in [0.29, 0.717) is 0 Å². The second-order valence-corrected chi connectivity index (χ2v) is 5.15. The number of hydrogen-bond donors (Lipinski definition) is 1. The lowest BCUT2D eigenvalue weighted by Crippen LogP contribution is -2.31. The monoisotopic (exact) mass is 232 g/mol. The molecule has 0 saturated heterocycles. The van der Waals surface area contributed by atoms with Gasteiger partial charge in [0.25, 0.3) is 0 Å². The Morgan fingerprint density at radius 1 is 1.24 bits per heavy atom. The van der Waals surface area contributed by atoms with Crippen molar-refractivity contribution in [1.82, 2.24) is 0 Å². The van der Waals surface area contributed by atoms with E-state index in [1.165, 1.54) is 6.42 Å². The molecule has 92 valence electrons. The predicted octanol–water partition coefficient (Wildman–Crippen LogP) is 3.13. The molecule has 1 fully saturated rings. The van der Waals surface area contributed by atoms with Crippen LogP contribution >= 0.6 is 0 Å². The summed E-state index contributed by atoms with van der Waals surface area (Å²) >= 11 is 0. The number of carbonyl (C=O) groups excluding carboxylic acids is 1. The highest BCUT2D eigenvalue weighted by molar-refractivity contribution is 5.74. The molecule has 0 radical (unpaired) electrons. The van der Waals surface area contributed by atoms with Crippen LogP contribution in [0.3, 0.4) is 0 Å². The van der Waals surface area contributed by atoms with E-state index in [1.807, 2.05) is 24.3 Å². The van der Waals surface area contributed by atoms with Crippen LogP contribution in [0.2, 0.25) is 0 Å². The van der Waals surface area contributed by atoms with Crippen molar-refractivity contribution in [1.29, 1.82) is 0 Å². The van der Waals surface area contributed by atoms with Gasteiger partial charge in [0.1, 0.15) is 6.29 Å². The summed E-state index contributed by atoms with van der Waals surface area (Å²) < 4.78 is 0. The first-order valence-corrected chi connectivity index (χ1v) is 6.48. The molecular weight excluding hydrogens is 212 g/mol. The van der Waals surface area contributed by atoms with Crippen molar-refractivity contribution in [3.63, 3.8) is 0 Å². The van der Waals surface area contributed by atoms with Gasteiger partial charge in [-0.2, -0.15) is 0 Å². The maximum Gasteiger partial charge on any atom is 0.150 e. The number of benzene rings is 1. The van der Waals surface area contributed by atoms with Crippen molar-refractivity contribution >= 4 is 6.29 Å². The molecule has 1 aliphatic rings. The lowest BCUT2D eigenvalue weighted by atomic mass is 9.81. The van der Waals surface area contributed by atoms with E-state index in [0.717, 1.165) is 55.9 Å². The zero-order valence-electron chi connectivity index (χ0n) is 10.2. The summed E-state index contributed by atoms with van der Waals surface area (Å²) in [6.07, 6.45) is 7.95. The van der Waals surface area contributed by atoms with Gasteiger partial charge >= 0.3 is 0 Å². The summed E-state index contributed by atoms with van der Waals surface area (Å²) in [6.45, 7) is 0. The van der Waals surface area contributed by atoms with Crippen molar-refractivity contribution < 1.29 is 9.90 Å². The molecule has 1 saturated carbocycles. The highest BCUT2D eigenvalue weighted by Gasteiger charge is 2.28. The number of aliphatic hydroxyl groups is 1. The third-order valence-electron chi connectivity index (χ3n) is 3.75. The first-order chi connectivity index (χ1) is 8.22. The molecule has 2 heteroatoms. The number of aryl methyl sites for hydroxylation is 1. The summed E-state index contributed by atoms with van der Waals surface area (Å²) in [4.78, 5) is 10.7. The summed E-state index contributed by atoms with van der Waals surface area (Å²) in [7, 11) is 0. The number of hydrogen-bond acceptors (Lipinski definition) is 2. The average Bonchev–Trinajstić information content (AvgIpc) is 2.38. The van der Waals surface area contributed by atoms with E-state index >= 15 is 0 Å². The summed E-state index contributed by atoms with van der Waals surface area (Å²) in [5.74, 6) is 0. The van der Waals surface area contributed by atoms with Crippen LogP contribution in [0.4, 0.5) is 0 Å². The van der Waals surface area contributed by atoms with Gasteiger partial charge in [-0.3, -0.25) is 4.79 Å². The van der Waals surface area contributed by atoms with Crippen LogP contribution < -0.4 is 0 Å². The molecule has 0 amide bonds. The minimum absolute atomic E-state index is 0.463. The van der Waals surface area contributed by atoms with Crippen LogP contribution in [0, 0.1) is 0 Å². The van der Waals surface area contributed by atoms with E-state index in [4.69, 9.17) is 0 Å². The molecule has 0 bridgehead atoms. The SMILES string of the molecule is O=Cc1cccc(CCC2(O)CCCCC2)c1. The molecular formula is C15H20O2. The quantitative estimate of drug-likeness (QED) is 0.810. The zero-order valence-corrected chi connectivity index (χ0v) is 10.2. The third-order valence-corrected chi connectivity index (χ3v) is 3.75. The van der Waals surface area contributed by atoms with Crippen molar-refractivity contribution in [3.05, 3.63) is 35.4 Å². The molecule has 0 heterocycles. The molecule has 2 nitrogen and oxygen atoms in total. The van der Waals surface area contributed by atoms with Gasteiger partial charge in [-0.1, -0.05) is 37.5 Å². The molecule has 0 aromatic heterocycles. The van der Waals surface area contributed by atoms with Crippen LogP contribution in [0.1, 0.15) is 54.4 Å². The minimum atomic E-state index is -0.463. The largest absolute Gasteiger partial charge is 0.390 e. The Bertz CT molecular complexity index is 378. The van der Waals surface area contributed by atoms with E-state index in [9.17, 15) is 9.90 Å². The molecule has 0 atom stereocenters. The van der Waals surface area contributed by atoms with E-state index in [1.54, 1.807) is 0 Å². The van der Waals surface area contributed by atoms with Gasteiger partial charge in [0.15, 0.2) is 0 Å². The Hall–Kier alpha value is -1.15. The highest BCUT2D eigenvalue weighted by Crippen LogP contribution is 2.31. The Balaban J connectivity index is 1.94. The predicted molar refractivity (Wildman–Crippen MR) is 68.2 cm³/mol. The number of aldehydes is 1. The van der Waals surface area contributed by atoms with Gasteiger partial charge in [0, 0.05) is 5.56 Å². The van der Waals surface area contributed by atoms with Gasteiger partial charge in [0.2, 0.25) is 0 Å². The fraction of sp³-hybridized carbons (Fsp3) is 0.533. The molecule has 0 spiro atoms. The second kappa shape index (κ2) is 5.46. The first-order valence-electron chi connectivity index (χ1n) is 6.48. The Morgan fingerprint density at radius 3 is 2.71 bits per heavy atom. The molecule has 1 aromatic carbocycles. The van der Waals surface area contributed by atoms with E-state index in [2.05, 4.69) is 0 Å². The standard InChI is InChI=1S/C15H20O2/c16-12-14-6-4-5-13(11-14)7-10-15(17)8-2-1-3-9-15/h4-6,11-12,17H,1-3,7-10H2. The average molecular weight is 232 g/mol. The maximum absolute atomic E-state index is 10.7. The summed E-state index contributed by atoms with van der Waals surface area (Å²) in [6, 6.07) is 7.66. The molecule has 1 N–H and O–H groups in total. The van der Waals surface area contributed by atoms with E-state index in [-0.39, 0.29) is 0 Å². The third kappa shape index (κ3) is 3.40. The Labute approximate surface area is 103 Å². The second-order valence-electron chi connectivity index (χ2n) is 5.15. The maximum atomic E-state index is 10.7. The van der Waals surface area contributed by atoms with Crippen molar-refractivity contribution in [2.24, 2.45) is 0 Å². The first kappa shape index (κ1) is 12.3. The minimum Gasteiger partial charge on any atom is -0.390 e. The topological polar surface area (TPSA) is 37.3 Å². The van der Waals surface area contributed by atoms with E-state index < -0.39 is 5.60 Å². The molecule has 2 rings (SSSR count). The van der Waals surface area contributed by atoms with Crippen LogP contribution in [0.25, 0.3) is 0 Å². The smallest absolute Gasteiger partial charge is 0.150 e. The van der Waals surface area contributed by atoms with Gasteiger partial charge in [0.05, 0.1) is 5.60 Å². The van der Waals surface area contributed by atoms with Crippen molar-refractivity contribution in [2.75, 3.05) is 0 Å². The van der Waals surface area contributed by atoms with Gasteiger partial charge in [-0.25, -0.2) is 0 Å². The number of rotatable bonds is 4. The lowest BCUT2D eigenvalue weighted by Gasteiger charge is -2.32. The highest BCUT2D eigenvalue weighted by atomic mass is 16.3. The molecule has 1 aromatic rings. The zero-order chi connectivity index (χ0) is 12.1. The van der Waals surface area contributed by atoms with Crippen LogP contribution in [0.15, 0.2) is 24.3 Å². The Kier molecular flexibility index (Phi) is 3.95. The molecule has 1 aliphatic carbocycles. The van der Waals surface area contributed by atoms with Crippen LogP contribution in [0.5, 0.6) is 0 Å². The summed E-state index contributed by atoms with van der Waals surface area (Å²) in [5, 5.41) is 10.4. The van der Waals surface area contributed by atoms with Gasteiger partial charge in [-0.15, -0.1) is 0 Å². The molecule has 0 aliphatic heterocycles. The Morgan fingerprint density at radius 2 is 2.00 bits per heavy atom. The number of carbonyl (C=O) groups is 1. The fourth-order valence-electron chi connectivity index (χ4n) is 2.66. The summed E-state index contributed by atoms with van der Waals surface area (Å²) in [5.41, 5.74) is 1.40. The van der Waals surface area contributed by atoms with Crippen molar-refractivity contribution in [3.8, 4) is 0 Å². The van der Waals surface area contributed by atoms with Gasteiger partial charge in [-0.05, 0) is 37.3 Å². The van der Waals surface area contributed by atoms with Crippen LogP contribution in [-0.4, -0.2) is 17.0 Å². The van der Waals surface area contributed by atoms with Gasteiger partial charge < -0.3 is 5.11 Å².